The molecule has 1 aliphatic carbocycles. The average Bonchev–Trinajstić information content (AvgIpc) is 2.61. The van der Waals surface area contributed by atoms with Crippen molar-refractivity contribution in [2.75, 3.05) is 4.90 Å². The minimum atomic E-state index is -0.516. The fourth-order valence-corrected chi connectivity index (χ4v) is 4.32. The van der Waals surface area contributed by atoms with Crippen molar-refractivity contribution in [1.29, 1.82) is 0 Å². The van der Waals surface area contributed by atoms with Crippen LogP contribution in [0.5, 0.6) is 0 Å². The van der Waals surface area contributed by atoms with Gasteiger partial charge in [-0.2, -0.15) is 0 Å². The first-order valence-electron chi connectivity index (χ1n) is 9.26. The Morgan fingerprint density at radius 3 is 2.33 bits per heavy atom. The number of carbonyl (C=O) groups is 2. The SMILES string of the molecule is CC1(C)CC(=O)C2=C(C1)N(c1ccccc1)C(=O)CC2c1ccccc1F. The number of nitrogens with zero attached hydrogens (tertiary/aromatic N) is 1. The van der Waals surface area contributed by atoms with Gasteiger partial charge in [0.15, 0.2) is 5.78 Å². The van der Waals surface area contributed by atoms with Crippen LogP contribution in [0.4, 0.5) is 10.1 Å². The third-order valence-electron chi connectivity index (χ3n) is 5.44. The number of rotatable bonds is 2. The van der Waals surface area contributed by atoms with E-state index in [1.807, 2.05) is 44.2 Å². The zero-order chi connectivity index (χ0) is 19.2. The zero-order valence-corrected chi connectivity index (χ0v) is 15.5. The van der Waals surface area contributed by atoms with Crippen LogP contribution in [0.15, 0.2) is 65.9 Å². The number of hydrogen-bond acceptors (Lipinski definition) is 2. The second kappa shape index (κ2) is 6.45. The number of halogens is 1. The molecule has 2 aliphatic rings. The van der Waals surface area contributed by atoms with Crippen molar-refractivity contribution in [3.8, 4) is 0 Å². The Morgan fingerprint density at radius 1 is 0.963 bits per heavy atom. The van der Waals surface area contributed by atoms with Gasteiger partial charge in [0.25, 0.3) is 0 Å². The van der Waals surface area contributed by atoms with E-state index in [1.54, 1.807) is 23.1 Å². The lowest BCUT2D eigenvalue weighted by molar-refractivity contribution is -0.121. The lowest BCUT2D eigenvalue weighted by atomic mass is 9.69. The number of Topliss-reactive ketones (excluding diaryl/α,β-unsaturated/α-hetero) is 1. The number of ketones is 1. The second-order valence-electron chi connectivity index (χ2n) is 8.14. The van der Waals surface area contributed by atoms with E-state index in [1.165, 1.54) is 6.07 Å². The van der Waals surface area contributed by atoms with Crippen LogP contribution in [0.1, 0.15) is 44.6 Å². The molecule has 0 saturated heterocycles. The highest BCUT2D eigenvalue weighted by Crippen LogP contribution is 2.48. The maximum absolute atomic E-state index is 14.5. The smallest absolute Gasteiger partial charge is 0.232 e. The van der Waals surface area contributed by atoms with Crippen LogP contribution < -0.4 is 4.90 Å². The fourth-order valence-electron chi connectivity index (χ4n) is 4.32. The summed E-state index contributed by atoms with van der Waals surface area (Å²) < 4.78 is 14.5. The Hall–Kier alpha value is -2.75. The molecule has 1 heterocycles. The van der Waals surface area contributed by atoms with E-state index in [4.69, 9.17) is 0 Å². The van der Waals surface area contributed by atoms with E-state index in [0.29, 0.717) is 24.0 Å². The molecular formula is C23H22FNO2. The summed E-state index contributed by atoms with van der Waals surface area (Å²) in [4.78, 5) is 27.9. The number of carbonyl (C=O) groups excluding carboxylic acids is 2. The number of anilines is 1. The van der Waals surface area contributed by atoms with E-state index >= 15 is 0 Å². The molecule has 27 heavy (non-hydrogen) atoms. The molecule has 0 N–H and O–H groups in total. The molecule has 138 valence electrons. The predicted octanol–water partition coefficient (Wildman–Crippen LogP) is 4.99. The van der Waals surface area contributed by atoms with Crippen molar-refractivity contribution >= 4 is 17.4 Å². The Balaban J connectivity index is 1.92. The van der Waals surface area contributed by atoms with Gasteiger partial charge >= 0.3 is 0 Å². The molecule has 0 fully saturated rings. The maximum Gasteiger partial charge on any atom is 0.232 e. The molecule has 1 atom stereocenters. The van der Waals surface area contributed by atoms with Gasteiger partial charge in [0.1, 0.15) is 5.82 Å². The topological polar surface area (TPSA) is 37.4 Å². The Bertz CT molecular complexity index is 946. The van der Waals surface area contributed by atoms with Crippen LogP contribution in [-0.4, -0.2) is 11.7 Å². The summed E-state index contributed by atoms with van der Waals surface area (Å²) in [6.07, 6.45) is 1.12. The molecule has 0 bridgehead atoms. The van der Waals surface area contributed by atoms with Gasteiger partial charge in [-0.25, -0.2) is 4.39 Å². The number of amides is 1. The zero-order valence-electron chi connectivity index (χ0n) is 15.5. The molecule has 2 aromatic rings. The highest BCUT2D eigenvalue weighted by Gasteiger charge is 2.44. The summed E-state index contributed by atoms with van der Waals surface area (Å²) in [6.45, 7) is 4.07. The van der Waals surface area contributed by atoms with E-state index in [2.05, 4.69) is 0 Å². The van der Waals surface area contributed by atoms with Gasteiger partial charge in [-0.15, -0.1) is 0 Å². The van der Waals surface area contributed by atoms with Crippen molar-refractivity contribution in [1.82, 2.24) is 0 Å². The largest absolute Gasteiger partial charge is 0.294 e. The highest BCUT2D eigenvalue weighted by molar-refractivity contribution is 6.07. The summed E-state index contributed by atoms with van der Waals surface area (Å²) in [5.41, 5.74) is 2.28. The molecule has 4 rings (SSSR count). The Labute approximate surface area is 158 Å². The average molecular weight is 363 g/mol. The number of para-hydroxylation sites is 1. The summed E-state index contributed by atoms with van der Waals surface area (Å²) in [7, 11) is 0. The minimum Gasteiger partial charge on any atom is -0.294 e. The van der Waals surface area contributed by atoms with E-state index in [0.717, 1.165) is 11.4 Å². The van der Waals surface area contributed by atoms with Crippen LogP contribution in [0, 0.1) is 11.2 Å². The minimum absolute atomic E-state index is 0.0166. The summed E-state index contributed by atoms with van der Waals surface area (Å²) in [5.74, 6) is -0.966. The number of hydrogen-bond donors (Lipinski definition) is 0. The van der Waals surface area contributed by atoms with E-state index < -0.39 is 5.92 Å². The van der Waals surface area contributed by atoms with Gasteiger partial charge in [-0.1, -0.05) is 50.2 Å². The Kier molecular flexibility index (Phi) is 4.22. The van der Waals surface area contributed by atoms with Crippen molar-refractivity contribution in [3.63, 3.8) is 0 Å². The van der Waals surface area contributed by atoms with Gasteiger partial charge < -0.3 is 0 Å². The molecule has 0 spiro atoms. The third kappa shape index (κ3) is 3.09. The number of allylic oxidation sites excluding steroid dienone is 2. The van der Waals surface area contributed by atoms with Crippen molar-refractivity contribution in [3.05, 3.63) is 77.2 Å². The normalized spacial score (nSPS) is 22.0. The molecule has 2 aromatic carbocycles. The molecular weight excluding hydrogens is 341 g/mol. The number of benzene rings is 2. The first kappa shape index (κ1) is 17.7. The maximum atomic E-state index is 14.5. The molecule has 0 aromatic heterocycles. The van der Waals surface area contributed by atoms with Crippen molar-refractivity contribution < 1.29 is 14.0 Å². The van der Waals surface area contributed by atoms with Crippen LogP contribution in [-0.2, 0) is 9.59 Å². The molecule has 1 aliphatic heterocycles. The predicted molar refractivity (Wildman–Crippen MR) is 103 cm³/mol. The molecule has 1 amide bonds. The van der Waals surface area contributed by atoms with Gasteiger partial charge in [0.2, 0.25) is 5.91 Å². The van der Waals surface area contributed by atoms with Gasteiger partial charge in [-0.3, -0.25) is 14.5 Å². The van der Waals surface area contributed by atoms with Gasteiger partial charge in [-0.05, 0) is 35.6 Å². The van der Waals surface area contributed by atoms with E-state index in [-0.39, 0.29) is 29.3 Å². The van der Waals surface area contributed by atoms with Crippen molar-refractivity contribution in [2.45, 2.75) is 39.0 Å². The summed E-state index contributed by atoms with van der Waals surface area (Å²) in [5, 5.41) is 0. The summed E-state index contributed by atoms with van der Waals surface area (Å²) in [6, 6.07) is 15.8. The van der Waals surface area contributed by atoms with Crippen LogP contribution >= 0.6 is 0 Å². The molecule has 3 nitrogen and oxygen atoms in total. The summed E-state index contributed by atoms with van der Waals surface area (Å²) >= 11 is 0. The first-order chi connectivity index (χ1) is 12.9. The molecule has 0 saturated carbocycles. The van der Waals surface area contributed by atoms with Crippen molar-refractivity contribution in [2.24, 2.45) is 5.41 Å². The van der Waals surface area contributed by atoms with Gasteiger partial charge in [0.05, 0.1) is 0 Å². The second-order valence-corrected chi connectivity index (χ2v) is 8.14. The van der Waals surface area contributed by atoms with Crippen LogP contribution in [0.25, 0.3) is 0 Å². The molecule has 4 heteroatoms. The highest BCUT2D eigenvalue weighted by atomic mass is 19.1. The molecule has 0 radical (unpaired) electrons. The standard InChI is InChI=1S/C23H22FNO2/c1-23(2)13-19-22(20(26)14-23)17(16-10-6-7-11-18(16)24)12-21(27)25(19)15-8-4-3-5-9-15/h3-11,17H,12-14H2,1-2H3. The first-order valence-corrected chi connectivity index (χ1v) is 9.26. The van der Waals surface area contributed by atoms with Crippen LogP contribution in [0.2, 0.25) is 0 Å². The van der Waals surface area contributed by atoms with Gasteiger partial charge in [0, 0.05) is 35.7 Å². The van der Waals surface area contributed by atoms with E-state index in [9.17, 15) is 14.0 Å². The monoisotopic (exact) mass is 363 g/mol. The third-order valence-corrected chi connectivity index (χ3v) is 5.44. The lowest BCUT2D eigenvalue weighted by Gasteiger charge is -2.43. The molecule has 1 unspecified atom stereocenters. The Morgan fingerprint density at radius 2 is 1.63 bits per heavy atom. The fraction of sp³-hybridized carbons (Fsp3) is 0.304. The quantitative estimate of drug-likeness (QED) is 0.754. The van der Waals surface area contributed by atoms with Crippen LogP contribution in [0.3, 0.4) is 0 Å². The lowest BCUT2D eigenvalue weighted by Crippen LogP contribution is -2.43.